The summed E-state index contributed by atoms with van der Waals surface area (Å²) in [5.74, 6) is 0. The Morgan fingerprint density at radius 1 is 1.56 bits per heavy atom. The van der Waals surface area contributed by atoms with Crippen LogP contribution in [-0.4, -0.2) is 4.98 Å². The molecule has 0 unspecified atom stereocenters. The Labute approximate surface area is 57.0 Å². The van der Waals surface area contributed by atoms with Gasteiger partial charge < -0.3 is 0 Å². The van der Waals surface area contributed by atoms with Crippen molar-refractivity contribution in [3.63, 3.8) is 0 Å². The maximum Gasteiger partial charge on any atom is 0.0533 e. The number of pyridine rings is 1. The van der Waals surface area contributed by atoms with Crippen molar-refractivity contribution < 1.29 is 0 Å². The summed E-state index contributed by atoms with van der Waals surface area (Å²) < 4.78 is 1.21. The Bertz CT molecular complexity index is 283. The van der Waals surface area contributed by atoms with Crippen LogP contribution in [0.15, 0.2) is 24.5 Å². The van der Waals surface area contributed by atoms with Crippen LogP contribution in [-0.2, 0) is 0 Å². The third-order valence-corrected chi connectivity index (χ3v) is 2.00. The molecule has 0 bridgehead atoms. The minimum atomic E-state index is 1.21. The summed E-state index contributed by atoms with van der Waals surface area (Å²) in [4.78, 5) is 3.98. The van der Waals surface area contributed by atoms with E-state index in [-0.39, 0.29) is 0 Å². The fourth-order valence-corrected chi connectivity index (χ4v) is 1.42. The topological polar surface area (TPSA) is 12.9 Å². The van der Waals surface area contributed by atoms with Crippen molar-refractivity contribution in [3.05, 3.63) is 29.9 Å². The molecule has 0 aliphatic heterocycles. The van der Waals surface area contributed by atoms with Crippen molar-refractivity contribution in [1.29, 1.82) is 0 Å². The summed E-state index contributed by atoms with van der Waals surface area (Å²) in [6.45, 7) is 0. The van der Waals surface area contributed by atoms with E-state index in [0.717, 1.165) is 0 Å². The first-order valence-corrected chi connectivity index (χ1v) is 3.48. The molecular weight excluding hydrogens is 130 g/mol. The van der Waals surface area contributed by atoms with Crippen LogP contribution in [0.2, 0.25) is 0 Å². The van der Waals surface area contributed by atoms with Gasteiger partial charge in [0.05, 0.1) is 4.70 Å². The highest BCUT2D eigenvalue weighted by Crippen LogP contribution is 2.16. The molecule has 1 nitrogen and oxygen atoms in total. The molecule has 0 aliphatic rings. The molecule has 0 atom stereocenters. The first-order valence-electron chi connectivity index (χ1n) is 2.66. The molecule has 2 aromatic heterocycles. The van der Waals surface area contributed by atoms with Crippen molar-refractivity contribution in [2.45, 2.75) is 0 Å². The monoisotopic (exact) mass is 134 g/mol. The van der Waals surface area contributed by atoms with E-state index in [9.17, 15) is 0 Å². The second kappa shape index (κ2) is 1.81. The Kier molecular flexibility index (Phi) is 0.993. The highest BCUT2D eigenvalue weighted by Gasteiger charge is 1.89. The predicted octanol–water partition coefficient (Wildman–Crippen LogP) is 2.10. The minimum absolute atomic E-state index is 1.21. The second-order valence-corrected chi connectivity index (χ2v) is 2.66. The molecule has 0 N–H and O–H groups in total. The quantitative estimate of drug-likeness (QED) is 0.537. The molecule has 2 rings (SSSR count). The predicted molar refractivity (Wildman–Crippen MR) is 38.5 cm³/mol. The summed E-state index contributed by atoms with van der Waals surface area (Å²) in [6.07, 6.45) is 3.65. The third-order valence-electron chi connectivity index (χ3n) is 1.20. The maximum atomic E-state index is 3.98. The van der Waals surface area contributed by atoms with Crippen LogP contribution in [0.4, 0.5) is 0 Å². The van der Waals surface area contributed by atoms with Crippen molar-refractivity contribution >= 4 is 21.4 Å². The van der Waals surface area contributed by atoms with Gasteiger partial charge in [-0.1, -0.05) is 0 Å². The first kappa shape index (κ1) is 4.94. The van der Waals surface area contributed by atoms with Crippen LogP contribution in [0.5, 0.6) is 0 Å². The van der Waals surface area contributed by atoms with Gasteiger partial charge in [0.2, 0.25) is 0 Å². The fourth-order valence-electron chi connectivity index (χ4n) is 0.752. The van der Waals surface area contributed by atoms with E-state index in [4.69, 9.17) is 0 Å². The summed E-state index contributed by atoms with van der Waals surface area (Å²) in [5.41, 5.74) is 0. The Morgan fingerprint density at radius 3 is 3.44 bits per heavy atom. The van der Waals surface area contributed by atoms with Gasteiger partial charge in [0.15, 0.2) is 0 Å². The van der Waals surface area contributed by atoms with E-state index in [0.29, 0.717) is 0 Å². The van der Waals surface area contributed by atoms with Gasteiger partial charge in [-0.25, -0.2) is 0 Å². The van der Waals surface area contributed by atoms with Gasteiger partial charge in [-0.2, -0.15) is 0 Å². The van der Waals surface area contributed by atoms with E-state index >= 15 is 0 Å². The Hall–Kier alpha value is -0.890. The molecule has 43 valence electrons. The molecule has 0 aromatic carbocycles. The smallest absolute Gasteiger partial charge is 0.0533 e. The lowest BCUT2D eigenvalue weighted by Crippen LogP contribution is -1.64. The van der Waals surface area contributed by atoms with E-state index in [1.54, 1.807) is 17.5 Å². The van der Waals surface area contributed by atoms with E-state index in [1.165, 1.54) is 10.1 Å². The molecule has 9 heavy (non-hydrogen) atoms. The van der Waals surface area contributed by atoms with E-state index in [2.05, 4.69) is 10.4 Å². The minimum Gasteiger partial charge on any atom is -0.263 e. The van der Waals surface area contributed by atoms with Gasteiger partial charge in [-0.15, -0.1) is 11.3 Å². The fraction of sp³-hybridized carbons (Fsp3) is 0. The van der Waals surface area contributed by atoms with Gasteiger partial charge in [-0.05, 0) is 17.5 Å². The summed E-state index contributed by atoms with van der Waals surface area (Å²) in [6, 6.07) is 3.96. The number of hydrogen-bond acceptors (Lipinski definition) is 2. The summed E-state index contributed by atoms with van der Waals surface area (Å²) in [5, 5.41) is 4.27. The molecule has 0 spiro atoms. The molecule has 0 fully saturated rings. The van der Waals surface area contributed by atoms with Crippen LogP contribution in [0.3, 0.4) is 0 Å². The molecule has 0 aliphatic carbocycles. The highest BCUT2D eigenvalue weighted by atomic mass is 32.1. The van der Waals surface area contributed by atoms with Crippen molar-refractivity contribution in [2.75, 3.05) is 0 Å². The summed E-state index contributed by atoms with van der Waals surface area (Å²) in [7, 11) is 0. The van der Waals surface area contributed by atoms with Crippen LogP contribution < -0.4 is 0 Å². The van der Waals surface area contributed by atoms with Crippen molar-refractivity contribution in [2.24, 2.45) is 0 Å². The zero-order chi connectivity index (χ0) is 6.10. The lowest BCUT2D eigenvalue weighted by molar-refractivity contribution is 1.37. The lowest BCUT2D eigenvalue weighted by Gasteiger charge is -1.81. The average molecular weight is 134 g/mol. The van der Waals surface area contributed by atoms with Crippen LogP contribution >= 0.6 is 11.3 Å². The largest absolute Gasteiger partial charge is 0.263 e. The van der Waals surface area contributed by atoms with Gasteiger partial charge in [0.1, 0.15) is 0 Å². The standard InChI is InChI=1S/C7H4NS/c1-3-8-5-7-6(1)2-4-9-7/h1-3,5H. The molecule has 0 amide bonds. The van der Waals surface area contributed by atoms with Crippen LogP contribution in [0.25, 0.3) is 10.1 Å². The second-order valence-electron chi connectivity index (χ2n) is 1.78. The van der Waals surface area contributed by atoms with Crippen LogP contribution in [0.1, 0.15) is 0 Å². The maximum absolute atomic E-state index is 3.98. The normalized spacial score (nSPS) is 10.2. The number of hydrogen-bond donors (Lipinski definition) is 0. The SMILES string of the molecule is [c]1cc2ccncc2s1. The first-order chi connectivity index (χ1) is 4.47. The average Bonchev–Trinajstić information content (AvgIpc) is 2.33. The molecular formula is C7H4NS. The Balaban J connectivity index is 2.95. The van der Waals surface area contributed by atoms with Crippen molar-refractivity contribution in [3.8, 4) is 0 Å². The molecule has 2 heterocycles. The number of fused-ring (bicyclic) bond motifs is 1. The van der Waals surface area contributed by atoms with Gasteiger partial charge >= 0.3 is 0 Å². The van der Waals surface area contributed by atoms with Crippen molar-refractivity contribution in [1.82, 2.24) is 4.98 Å². The Morgan fingerprint density at radius 2 is 2.56 bits per heavy atom. The zero-order valence-electron chi connectivity index (χ0n) is 4.66. The zero-order valence-corrected chi connectivity index (χ0v) is 5.48. The lowest BCUT2D eigenvalue weighted by atomic mass is 10.3. The number of rotatable bonds is 0. The number of nitrogens with zero attached hydrogens (tertiary/aromatic N) is 1. The number of aromatic nitrogens is 1. The summed E-state index contributed by atoms with van der Waals surface area (Å²) >= 11 is 1.60. The number of thiophene rings is 1. The van der Waals surface area contributed by atoms with Gasteiger partial charge in [-0.3, -0.25) is 4.98 Å². The molecule has 2 heteroatoms. The molecule has 2 aromatic rings. The highest BCUT2D eigenvalue weighted by molar-refractivity contribution is 7.16. The van der Waals surface area contributed by atoms with Gasteiger partial charge in [0.25, 0.3) is 0 Å². The van der Waals surface area contributed by atoms with Gasteiger partial charge in [0, 0.05) is 17.8 Å². The molecule has 1 radical (unpaired) electrons. The van der Waals surface area contributed by atoms with Crippen LogP contribution in [0, 0.1) is 5.38 Å². The molecule has 0 saturated carbocycles. The van der Waals surface area contributed by atoms with E-state index < -0.39 is 0 Å². The molecule has 0 saturated heterocycles. The third kappa shape index (κ3) is 0.715. The van der Waals surface area contributed by atoms with E-state index in [1.807, 2.05) is 18.3 Å².